The van der Waals surface area contributed by atoms with Crippen LogP contribution in [0.5, 0.6) is 0 Å². The fourth-order valence-corrected chi connectivity index (χ4v) is 2.93. The summed E-state index contributed by atoms with van der Waals surface area (Å²) in [7, 11) is 0. The van der Waals surface area contributed by atoms with E-state index in [-0.39, 0.29) is 6.10 Å². The Hall–Kier alpha value is -0.0400. The van der Waals surface area contributed by atoms with E-state index in [1.807, 2.05) is 0 Å². The van der Waals surface area contributed by atoms with Gasteiger partial charge in [0.15, 0.2) is 0 Å². The van der Waals surface area contributed by atoms with Gasteiger partial charge in [-0.3, -0.25) is 0 Å². The molecule has 2 atom stereocenters. The molecule has 1 nitrogen and oxygen atoms in total. The average molecular weight is 198 g/mol. The Balaban J connectivity index is 2.84. The van der Waals surface area contributed by atoms with E-state index in [4.69, 9.17) is 0 Å². The first-order valence-electron chi connectivity index (χ1n) is 5.80. The zero-order valence-corrected chi connectivity index (χ0v) is 10.6. The molecule has 84 valence electrons. The molecule has 0 saturated heterocycles. The minimum atomic E-state index is -0.0663. The molecule has 14 heavy (non-hydrogen) atoms. The van der Waals surface area contributed by atoms with E-state index >= 15 is 0 Å². The zero-order chi connectivity index (χ0) is 11.1. The van der Waals surface area contributed by atoms with Crippen LogP contribution >= 0.6 is 0 Å². The minimum absolute atomic E-state index is 0.0663. The summed E-state index contributed by atoms with van der Waals surface area (Å²) in [6, 6.07) is 0. The lowest BCUT2D eigenvalue weighted by molar-refractivity contribution is 0.0992. The van der Waals surface area contributed by atoms with Gasteiger partial charge in [0.2, 0.25) is 0 Å². The van der Waals surface area contributed by atoms with Crippen molar-refractivity contribution in [1.82, 2.24) is 0 Å². The Bertz CT molecular complexity index is 172. The second-order valence-electron chi connectivity index (χ2n) is 7.07. The fourth-order valence-electron chi connectivity index (χ4n) is 2.93. The van der Waals surface area contributed by atoms with Crippen LogP contribution in [0.3, 0.4) is 0 Å². The van der Waals surface area contributed by atoms with Crippen LogP contribution in [0.2, 0.25) is 0 Å². The maximum atomic E-state index is 9.80. The van der Waals surface area contributed by atoms with E-state index in [1.54, 1.807) is 0 Å². The van der Waals surface area contributed by atoms with E-state index in [2.05, 4.69) is 41.5 Å². The molecular weight excluding hydrogens is 172 g/mol. The third kappa shape index (κ3) is 2.50. The largest absolute Gasteiger partial charge is 0.393 e. The van der Waals surface area contributed by atoms with Crippen LogP contribution in [0.1, 0.15) is 54.4 Å². The summed E-state index contributed by atoms with van der Waals surface area (Å²) in [5.41, 5.74) is 0.658. The molecule has 1 heteroatoms. The topological polar surface area (TPSA) is 20.2 Å². The van der Waals surface area contributed by atoms with Crippen LogP contribution in [0.4, 0.5) is 0 Å². The normalized spacial score (nSPS) is 34.9. The first kappa shape index (κ1) is 12.0. The zero-order valence-electron chi connectivity index (χ0n) is 10.6. The summed E-state index contributed by atoms with van der Waals surface area (Å²) >= 11 is 0. The van der Waals surface area contributed by atoms with Gasteiger partial charge in [-0.05, 0) is 35.5 Å². The third-order valence-electron chi connectivity index (χ3n) is 3.76. The molecule has 1 N–H and O–H groups in total. The lowest BCUT2D eigenvalue weighted by Gasteiger charge is -2.39. The van der Waals surface area contributed by atoms with E-state index in [1.165, 1.54) is 0 Å². The maximum absolute atomic E-state index is 9.80. The Morgan fingerprint density at radius 2 is 1.07 bits per heavy atom. The summed E-state index contributed by atoms with van der Waals surface area (Å²) in [5, 5.41) is 9.80. The van der Waals surface area contributed by atoms with Gasteiger partial charge >= 0.3 is 0 Å². The molecule has 2 unspecified atom stereocenters. The number of hydrogen-bond acceptors (Lipinski definition) is 1. The predicted molar refractivity (Wildman–Crippen MR) is 61.1 cm³/mol. The van der Waals surface area contributed by atoms with Crippen molar-refractivity contribution in [3.63, 3.8) is 0 Å². The first-order valence-corrected chi connectivity index (χ1v) is 5.80. The maximum Gasteiger partial charge on any atom is 0.0546 e. The molecule has 1 fully saturated rings. The van der Waals surface area contributed by atoms with Gasteiger partial charge in [-0.25, -0.2) is 0 Å². The highest BCUT2D eigenvalue weighted by Crippen LogP contribution is 2.50. The molecule has 1 aliphatic carbocycles. The highest BCUT2D eigenvalue weighted by Gasteiger charge is 2.44. The molecule has 0 spiro atoms. The van der Waals surface area contributed by atoms with Gasteiger partial charge in [0.05, 0.1) is 6.10 Å². The van der Waals surface area contributed by atoms with Crippen molar-refractivity contribution in [1.29, 1.82) is 0 Å². The SMILES string of the molecule is CC(C)(C)C1CC(O)CC1C(C)(C)C. The number of aliphatic hydroxyl groups is 1. The van der Waals surface area contributed by atoms with Crippen LogP contribution < -0.4 is 0 Å². The van der Waals surface area contributed by atoms with Crippen LogP contribution in [-0.4, -0.2) is 11.2 Å². The quantitative estimate of drug-likeness (QED) is 0.632. The van der Waals surface area contributed by atoms with Crippen molar-refractivity contribution in [2.24, 2.45) is 22.7 Å². The van der Waals surface area contributed by atoms with Gasteiger partial charge in [0.25, 0.3) is 0 Å². The smallest absolute Gasteiger partial charge is 0.0546 e. The highest BCUT2D eigenvalue weighted by atomic mass is 16.3. The summed E-state index contributed by atoms with van der Waals surface area (Å²) in [6.45, 7) is 13.8. The highest BCUT2D eigenvalue weighted by molar-refractivity contribution is 4.94. The predicted octanol–water partition coefficient (Wildman–Crippen LogP) is 3.47. The molecule has 0 aromatic carbocycles. The van der Waals surface area contributed by atoms with Gasteiger partial charge < -0.3 is 5.11 Å². The Labute approximate surface area is 88.9 Å². The van der Waals surface area contributed by atoms with E-state index in [0.29, 0.717) is 22.7 Å². The second kappa shape index (κ2) is 3.52. The molecule has 0 radical (unpaired) electrons. The Morgan fingerprint density at radius 3 is 1.29 bits per heavy atom. The minimum Gasteiger partial charge on any atom is -0.393 e. The summed E-state index contributed by atoms with van der Waals surface area (Å²) < 4.78 is 0. The molecule has 0 aliphatic heterocycles. The van der Waals surface area contributed by atoms with Crippen molar-refractivity contribution in [2.75, 3.05) is 0 Å². The van der Waals surface area contributed by atoms with Crippen LogP contribution in [-0.2, 0) is 0 Å². The molecule has 0 heterocycles. The molecular formula is C13H26O. The molecule has 1 saturated carbocycles. The molecule has 0 amide bonds. The fraction of sp³-hybridized carbons (Fsp3) is 1.00. The standard InChI is InChI=1S/C13H26O/c1-12(2,3)10-7-9(14)8-11(10)13(4,5)6/h9-11,14H,7-8H2,1-6H3. The second-order valence-corrected chi connectivity index (χ2v) is 7.07. The summed E-state index contributed by atoms with van der Waals surface area (Å²) in [6.07, 6.45) is 1.92. The van der Waals surface area contributed by atoms with Gasteiger partial charge in [-0.2, -0.15) is 0 Å². The van der Waals surface area contributed by atoms with Gasteiger partial charge in [0.1, 0.15) is 0 Å². The number of rotatable bonds is 0. The first-order chi connectivity index (χ1) is 6.12. The van der Waals surface area contributed by atoms with Crippen molar-refractivity contribution in [2.45, 2.75) is 60.5 Å². The molecule has 1 rings (SSSR count). The lowest BCUT2D eigenvalue weighted by Crippen LogP contribution is -2.32. The van der Waals surface area contributed by atoms with Gasteiger partial charge in [-0.1, -0.05) is 41.5 Å². The van der Waals surface area contributed by atoms with Crippen LogP contribution in [0.15, 0.2) is 0 Å². The van der Waals surface area contributed by atoms with Crippen molar-refractivity contribution in [3.05, 3.63) is 0 Å². The summed E-state index contributed by atoms with van der Waals surface area (Å²) in [5.74, 6) is 1.33. The number of hydrogen-bond donors (Lipinski definition) is 1. The average Bonchev–Trinajstić information content (AvgIpc) is 2.27. The van der Waals surface area contributed by atoms with Crippen molar-refractivity contribution >= 4 is 0 Å². The summed E-state index contributed by atoms with van der Waals surface area (Å²) in [4.78, 5) is 0. The van der Waals surface area contributed by atoms with Crippen LogP contribution in [0.25, 0.3) is 0 Å². The van der Waals surface area contributed by atoms with Crippen LogP contribution in [0, 0.1) is 22.7 Å². The Morgan fingerprint density at radius 1 is 0.786 bits per heavy atom. The lowest BCUT2D eigenvalue weighted by atomic mass is 9.66. The number of aliphatic hydroxyl groups excluding tert-OH is 1. The van der Waals surface area contributed by atoms with E-state index in [9.17, 15) is 5.11 Å². The monoisotopic (exact) mass is 198 g/mol. The molecule has 0 bridgehead atoms. The van der Waals surface area contributed by atoms with E-state index < -0.39 is 0 Å². The molecule has 0 aromatic rings. The molecule has 0 aromatic heterocycles. The molecule has 1 aliphatic rings. The van der Waals surface area contributed by atoms with Crippen molar-refractivity contribution < 1.29 is 5.11 Å². The Kier molecular flexibility index (Phi) is 3.02. The van der Waals surface area contributed by atoms with E-state index in [0.717, 1.165) is 12.8 Å². The third-order valence-corrected chi connectivity index (χ3v) is 3.76. The van der Waals surface area contributed by atoms with Crippen molar-refractivity contribution in [3.8, 4) is 0 Å². The van der Waals surface area contributed by atoms with Gasteiger partial charge in [0, 0.05) is 0 Å². The van der Waals surface area contributed by atoms with Gasteiger partial charge in [-0.15, -0.1) is 0 Å².